The topological polar surface area (TPSA) is 29.5 Å². The molecule has 1 aliphatic heterocycles. The second-order valence-electron chi connectivity index (χ2n) is 7.01. The number of carbonyl (C=O) groups excluding carboxylic acids is 1. The van der Waals surface area contributed by atoms with E-state index in [1.54, 1.807) is 30.3 Å². The van der Waals surface area contributed by atoms with Crippen molar-refractivity contribution in [3.05, 3.63) is 82.4 Å². The number of fused-ring (bicyclic) bond motifs is 1. The molecule has 172 valence electrons. The predicted molar refractivity (Wildman–Crippen MR) is 99.5 cm³/mol. The molecule has 4 rings (SSSR count). The van der Waals surface area contributed by atoms with Crippen LogP contribution in [0.4, 0.5) is 40.8 Å². The minimum absolute atomic E-state index is 0.113. The third-order valence-electron chi connectivity index (χ3n) is 5.09. The highest BCUT2D eigenvalue weighted by Gasteiger charge is 2.39. The van der Waals surface area contributed by atoms with Gasteiger partial charge in [-0.15, -0.1) is 0 Å². The van der Waals surface area contributed by atoms with Gasteiger partial charge in [0.2, 0.25) is 11.6 Å². The first kappa shape index (κ1) is 22.6. The normalized spacial score (nSPS) is 13.2. The molecule has 0 aromatic heterocycles. The Bertz CT molecular complexity index is 1250. The molecule has 33 heavy (non-hydrogen) atoms. The summed E-state index contributed by atoms with van der Waals surface area (Å²) in [6, 6.07) is 8.43. The number of nitrogens with zero attached hydrogens (tertiary/aromatic N) is 1. The third kappa shape index (κ3) is 3.57. The minimum Gasteiger partial charge on any atom is -0.478 e. The van der Waals surface area contributed by atoms with Crippen LogP contribution < -0.4 is 9.64 Å². The molecule has 0 saturated carbocycles. The maximum absolute atomic E-state index is 15.4. The van der Waals surface area contributed by atoms with E-state index in [1.807, 2.05) is 0 Å². The first-order chi connectivity index (χ1) is 15.6. The fourth-order valence-electron chi connectivity index (χ4n) is 3.50. The zero-order valence-corrected chi connectivity index (χ0v) is 16.3. The van der Waals surface area contributed by atoms with Gasteiger partial charge in [-0.25, -0.2) is 30.7 Å². The van der Waals surface area contributed by atoms with Crippen molar-refractivity contribution in [1.29, 1.82) is 0 Å². The van der Waals surface area contributed by atoms with Crippen molar-refractivity contribution in [2.75, 3.05) is 18.1 Å². The van der Waals surface area contributed by atoms with Crippen LogP contribution in [0, 0.1) is 46.5 Å². The summed E-state index contributed by atoms with van der Waals surface area (Å²) in [4.78, 5) is 13.0. The number of anilines is 1. The summed E-state index contributed by atoms with van der Waals surface area (Å²) in [7, 11) is 0. The lowest BCUT2D eigenvalue weighted by Gasteiger charge is -2.31. The van der Waals surface area contributed by atoms with Gasteiger partial charge in [-0.05, 0) is 12.0 Å². The van der Waals surface area contributed by atoms with Crippen LogP contribution in [0.1, 0.15) is 5.56 Å². The molecule has 1 amide bonds. The highest BCUT2D eigenvalue weighted by molar-refractivity contribution is 5.99. The molecule has 3 aromatic rings. The van der Waals surface area contributed by atoms with E-state index in [9.17, 15) is 35.5 Å². The fourth-order valence-corrected chi connectivity index (χ4v) is 3.50. The summed E-state index contributed by atoms with van der Waals surface area (Å²) in [6.45, 7) is -1.07. The number of hydrogen-bond donors (Lipinski definition) is 0. The van der Waals surface area contributed by atoms with Gasteiger partial charge in [0.05, 0.1) is 11.1 Å². The van der Waals surface area contributed by atoms with Gasteiger partial charge in [-0.2, -0.15) is 4.39 Å². The number of hydrogen-bond acceptors (Lipinski definition) is 2. The summed E-state index contributed by atoms with van der Waals surface area (Å²) in [5.41, 5.74) is -4.20. The molecule has 0 bridgehead atoms. The van der Waals surface area contributed by atoms with Gasteiger partial charge >= 0.3 is 0 Å². The molecule has 0 saturated heterocycles. The maximum Gasteiger partial charge on any atom is 0.265 e. The molecule has 0 spiro atoms. The lowest BCUT2D eigenvalue weighted by atomic mass is 9.99. The minimum atomic E-state index is -2.56. The average Bonchev–Trinajstić information content (AvgIpc) is 2.81. The third-order valence-corrected chi connectivity index (χ3v) is 5.09. The van der Waals surface area contributed by atoms with Crippen molar-refractivity contribution in [1.82, 2.24) is 0 Å². The lowest BCUT2D eigenvalue weighted by molar-refractivity contribution is -0.121. The molecule has 11 heteroatoms. The molecule has 0 unspecified atom stereocenters. The molecule has 0 aliphatic carbocycles. The van der Waals surface area contributed by atoms with E-state index in [0.29, 0.717) is 10.5 Å². The number of benzene rings is 3. The van der Waals surface area contributed by atoms with Crippen molar-refractivity contribution >= 4 is 11.6 Å². The number of halogens is 8. The lowest BCUT2D eigenvalue weighted by Crippen LogP contribution is -2.41. The molecule has 3 aromatic carbocycles. The fraction of sp³-hybridized carbons (Fsp3) is 0.136. The largest absolute Gasteiger partial charge is 0.478 e. The Kier molecular flexibility index (Phi) is 5.73. The van der Waals surface area contributed by atoms with E-state index in [0.717, 1.165) is 0 Å². The number of amides is 1. The monoisotopic (exact) mass is 473 g/mol. The van der Waals surface area contributed by atoms with Crippen molar-refractivity contribution < 1.29 is 44.7 Å². The van der Waals surface area contributed by atoms with Gasteiger partial charge < -0.3 is 9.64 Å². The van der Waals surface area contributed by atoms with Crippen LogP contribution in [0.5, 0.6) is 5.75 Å². The first-order valence-corrected chi connectivity index (χ1v) is 9.34. The highest BCUT2D eigenvalue weighted by Crippen LogP contribution is 2.45. The Morgan fingerprint density at radius 2 is 1.21 bits per heavy atom. The molecular weight excluding hydrogens is 462 g/mol. The Labute approximate surface area is 180 Å². The van der Waals surface area contributed by atoms with Crippen molar-refractivity contribution in [3.63, 3.8) is 0 Å². The first-order valence-electron chi connectivity index (χ1n) is 9.34. The molecule has 1 aliphatic rings. The van der Waals surface area contributed by atoms with Crippen LogP contribution in [0.15, 0.2) is 30.3 Å². The second kappa shape index (κ2) is 8.38. The maximum atomic E-state index is 15.4. The van der Waals surface area contributed by atoms with Crippen molar-refractivity contribution in [2.24, 2.45) is 0 Å². The van der Waals surface area contributed by atoms with E-state index in [4.69, 9.17) is 4.74 Å². The summed E-state index contributed by atoms with van der Waals surface area (Å²) in [5.74, 6) is -20.7. The standard InChI is InChI=1S/C22H11F8NO2/c23-13-11(14(24)18(28)19(29)17(13)27)12-15(25)20(30)22-21(16(12)26)31(10(32)8-33-22)7-6-9-4-2-1-3-5-9/h1-5H,6-8H2. The molecule has 3 nitrogen and oxygen atoms in total. The summed E-state index contributed by atoms with van der Waals surface area (Å²) in [5, 5.41) is 0. The van der Waals surface area contributed by atoms with E-state index in [-0.39, 0.29) is 13.0 Å². The van der Waals surface area contributed by atoms with Gasteiger partial charge in [0, 0.05) is 6.54 Å². The molecular formula is C22H11F8NO2. The second-order valence-corrected chi connectivity index (χ2v) is 7.01. The average molecular weight is 473 g/mol. The van der Waals surface area contributed by atoms with Crippen molar-refractivity contribution in [2.45, 2.75) is 6.42 Å². The summed E-state index contributed by atoms with van der Waals surface area (Å²) < 4.78 is 119. The Balaban J connectivity index is 1.93. The summed E-state index contributed by atoms with van der Waals surface area (Å²) in [6.07, 6.45) is 0.113. The quantitative estimate of drug-likeness (QED) is 0.287. The van der Waals surface area contributed by atoms with Crippen LogP contribution >= 0.6 is 0 Å². The SMILES string of the molecule is O=C1COc2c(F)c(F)c(-c3c(F)c(F)c(F)c(F)c3F)c(F)c2N1CCc1ccccc1. The van der Waals surface area contributed by atoms with Crippen LogP contribution in [-0.2, 0) is 11.2 Å². The van der Waals surface area contributed by atoms with Crippen molar-refractivity contribution in [3.8, 4) is 16.9 Å². The van der Waals surface area contributed by atoms with Crippen LogP contribution in [0.3, 0.4) is 0 Å². The van der Waals surface area contributed by atoms with Gasteiger partial charge in [0.1, 0.15) is 5.69 Å². The van der Waals surface area contributed by atoms with Gasteiger partial charge in [-0.3, -0.25) is 4.79 Å². The Hall–Kier alpha value is -3.63. The predicted octanol–water partition coefficient (Wildman–Crippen LogP) is 5.43. The number of ether oxygens (including phenoxy) is 1. The molecule has 0 radical (unpaired) electrons. The van der Waals surface area contributed by atoms with Gasteiger partial charge in [0.25, 0.3) is 5.91 Å². The highest BCUT2D eigenvalue weighted by atomic mass is 19.2. The number of carbonyl (C=O) groups is 1. The molecule has 0 fully saturated rings. The summed E-state index contributed by atoms with van der Waals surface area (Å²) >= 11 is 0. The molecule has 0 atom stereocenters. The van der Waals surface area contributed by atoms with Gasteiger partial charge in [0.15, 0.2) is 47.3 Å². The van der Waals surface area contributed by atoms with Crippen LogP contribution in [-0.4, -0.2) is 19.1 Å². The zero-order chi connectivity index (χ0) is 24.0. The smallest absolute Gasteiger partial charge is 0.265 e. The van der Waals surface area contributed by atoms with Crippen LogP contribution in [0.2, 0.25) is 0 Å². The van der Waals surface area contributed by atoms with Crippen LogP contribution in [0.25, 0.3) is 11.1 Å². The molecule has 1 heterocycles. The van der Waals surface area contributed by atoms with E-state index < -0.39 is 81.6 Å². The van der Waals surface area contributed by atoms with E-state index in [1.165, 1.54) is 0 Å². The Morgan fingerprint density at radius 3 is 1.82 bits per heavy atom. The molecule has 0 N–H and O–H groups in total. The Morgan fingerprint density at radius 1 is 0.697 bits per heavy atom. The van der Waals surface area contributed by atoms with E-state index in [2.05, 4.69) is 0 Å². The van der Waals surface area contributed by atoms with E-state index >= 15 is 4.39 Å². The number of rotatable bonds is 4. The van der Waals surface area contributed by atoms with Gasteiger partial charge in [-0.1, -0.05) is 30.3 Å². The zero-order valence-electron chi connectivity index (χ0n) is 16.3.